The van der Waals surface area contributed by atoms with Crippen LogP contribution in [0.1, 0.15) is 31.9 Å². The van der Waals surface area contributed by atoms with Crippen LogP contribution in [0.4, 0.5) is 10.1 Å². The molecule has 0 atom stereocenters. The van der Waals surface area contributed by atoms with Crippen molar-refractivity contribution in [2.75, 3.05) is 25.6 Å². The summed E-state index contributed by atoms with van der Waals surface area (Å²) >= 11 is 0. The molecule has 5 heteroatoms. The van der Waals surface area contributed by atoms with Gasteiger partial charge in [-0.25, -0.2) is 9.18 Å². The summed E-state index contributed by atoms with van der Waals surface area (Å²) in [4.78, 5) is 14.0. The molecule has 0 aliphatic rings. The van der Waals surface area contributed by atoms with Gasteiger partial charge in [-0.2, -0.15) is 0 Å². The normalized spacial score (nSPS) is 11.5. The van der Waals surface area contributed by atoms with Crippen LogP contribution >= 0.6 is 0 Å². The Hall–Kier alpha value is -2.82. The van der Waals surface area contributed by atoms with Gasteiger partial charge in [0.2, 0.25) is 0 Å². The van der Waals surface area contributed by atoms with E-state index < -0.39 is 11.8 Å². The molecule has 2 aromatic rings. The van der Waals surface area contributed by atoms with Crippen LogP contribution in [0.2, 0.25) is 0 Å². The minimum Gasteiger partial charge on any atom is -0.486 e. The number of hydrogen-bond donors (Lipinski definition) is 0. The van der Waals surface area contributed by atoms with Crippen LogP contribution in [0, 0.1) is 11.7 Å². The molecule has 0 saturated carbocycles. The van der Waals surface area contributed by atoms with Crippen LogP contribution in [-0.4, -0.2) is 26.7 Å². The fraction of sp³-hybridized carbons (Fsp3) is 0.348. The van der Waals surface area contributed by atoms with Crippen LogP contribution in [0.15, 0.2) is 48.5 Å². The number of carbonyl (C=O) groups is 1. The molecule has 0 saturated heterocycles. The van der Waals surface area contributed by atoms with Crippen LogP contribution in [0.25, 0.3) is 5.57 Å². The fourth-order valence-electron chi connectivity index (χ4n) is 3.06. The Balaban J connectivity index is 2.18. The van der Waals surface area contributed by atoms with Gasteiger partial charge in [0.05, 0.1) is 12.7 Å². The van der Waals surface area contributed by atoms with E-state index in [9.17, 15) is 9.18 Å². The summed E-state index contributed by atoms with van der Waals surface area (Å²) in [5, 5.41) is 0. The molecular formula is C23H28FNO3. The molecule has 0 unspecified atom stereocenters. The van der Waals surface area contributed by atoms with E-state index in [1.54, 1.807) is 19.1 Å². The number of methoxy groups -OCH3 is 1. The van der Waals surface area contributed by atoms with Gasteiger partial charge < -0.3 is 14.4 Å². The van der Waals surface area contributed by atoms with Gasteiger partial charge >= 0.3 is 5.97 Å². The van der Waals surface area contributed by atoms with Gasteiger partial charge in [-0.05, 0) is 36.1 Å². The van der Waals surface area contributed by atoms with Crippen LogP contribution in [-0.2, 0) is 16.1 Å². The summed E-state index contributed by atoms with van der Waals surface area (Å²) in [7, 11) is 3.29. The molecule has 0 aromatic heterocycles. The van der Waals surface area contributed by atoms with Crippen molar-refractivity contribution in [2.24, 2.45) is 5.92 Å². The number of carbonyl (C=O) groups excluding carboxylic acids is 1. The lowest BCUT2D eigenvalue weighted by molar-refractivity contribution is -0.133. The predicted molar refractivity (Wildman–Crippen MR) is 111 cm³/mol. The Labute approximate surface area is 166 Å². The Kier molecular flexibility index (Phi) is 7.61. The van der Waals surface area contributed by atoms with E-state index in [1.165, 1.54) is 13.2 Å². The zero-order valence-corrected chi connectivity index (χ0v) is 17.2. The van der Waals surface area contributed by atoms with Crippen molar-refractivity contribution < 1.29 is 18.7 Å². The first-order chi connectivity index (χ1) is 13.4. The average molecular weight is 385 g/mol. The molecule has 150 valence electrons. The zero-order chi connectivity index (χ0) is 20.7. The maximum atomic E-state index is 14.5. The van der Waals surface area contributed by atoms with Crippen molar-refractivity contribution >= 4 is 17.2 Å². The molecule has 0 spiro atoms. The van der Waals surface area contributed by atoms with Crippen LogP contribution < -0.4 is 9.64 Å². The van der Waals surface area contributed by atoms with Gasteiger partial charge in [0, 0.05) is 25.3 Å². The first-order valence-electron chi connectivity index (χ1n) is 9.33. The summed E-state index contributed by atoms with van der Waals surface area (Å²) in [6, 6.07) is 12.3. The molecule has 28 heavy (non-hydrogen) atoms. The number of allylic oxidation sites excluding steroid dienone is 1. The third kappa shape index (κ3) is 5.35. The highest BCUT2D eigenvalue weighted by Gasteiger charge is 2.16. The molecule has 0 N–H and O–H groups in total. The predicted octanol–water partition coefficient (Wildman–Crippen LogP) is 5.07. The summed E-state index contributed by atoms with van der Waals surface area (Å²) < 4.78 is 25.1. The molecule has 4 nitrogen and oxygen atoms in total. The second kappa shape index (κ2) is 9.93. The number of anilines is 1. The smallest absolute Gasteiger partial charge is 0.338 e. The highest BCUT2D eigenvalue weighted by molar-refractivity contribution is 6.16. The highest BCUT2D eigenvalue weighted by atomic mass is 19.1. The summed E-state index contributed by atoms with van der Waals surface area (Å²) in [6.07, 6.45) is 1.70. The number of esters is 1. The molecule has 0 radical (unpaired) electrons. The van der Waals surface area contributed by atoms with Crippen molar-refractivity contribution in [3.63, 3.8) is 0 Å². The maximum Gasteiger partial charge on any atom is 0.338 e. The van der Waals surface area contributed by atoms with Crippen LogP contribution in [0.3, 0.4) is 0 Å². The van der Waals surface area contributed by atoms with E-state index in [1.807, 2.05) is 42.3 Å². The van der Waals surface area contributed by atoms with Gasteiger partial charge in [-0.15, -0.1) is 0 Å². The van der Waals surface area contributed by atoms with Crippen molar-refractivity contribution in [3.8, 4) is 5.75 Å². The van der Waals surface area contributed by atoms with E-state index in [4.69, 9.17) is 9.47 Å². The molecule has 0 heterocycles. The van der Waals surface area contributed by atoms with E-state index in [-0.39, 0.29) is 12.4 Å². The molecule has 0 fully saturated rings. The lowest BCUT2D eigenvalue weighted by atomic mass is 10.00. The summed E-state index contributed by atoms with van der Waals surface area (Å²) in [5.41, 5.74) is 2.75. The van der Waals surface area contributed by atoms with Crippen molar-refractivity contribution in [2.45, 2.75) is 27.4 Å². The fourth-order valence-corrected chi connectivity index (χ4v) is 3.06. The van der Waals surface area contributed by atoms with E-state index in [0.29, 0.717) is 17.1 Å². The molecular weight excluding hydrogens is 357 g/mol. The molecule has 0 aliphatic carbocycles. The summed E-state index contributed by atoms with van der Waals surface area (Å²) in [6.45, 7) is 7.00. The topological polar surface area (TPSA) is 38.8 Å². The first-order valence-corrected chi connectivity index (χ1v) is 9.33. The Morgan fingerprint density at radius 3 is 2.54 bits per heavy atom. The quantitative estimate of drug-likeness (QED) is 0.470. The largest absolute Gasteiger partial charge is 0.486 e. The average Bonchev–Trinajstić information content (AvgIpc) is 2.67. The van der Waals surface area contributed by atoms with Crippen molar-refractivity contribution in [1.82, 2.24) is 0 Å². The Bertz CT molecular complexity index is 845. The molecule has 2 rings (SSSR count). The monoisotopic (exact) mass is 385 g/mol. The molecule has 0 amide bonds. The first kappa shape index (κ1) is 21.5. The Morgan fingerprint density at radius 1 is 1.21 bits per heavy atom. The van der Waals surface area contributed by atoms with E-state index >= 15 is 0 Å². The Morgan fingerprint density at radius 2 is 1.93 bits per heavy atom. The summed E-state index contributed by atoms with van der Waals surface area (Å²) in [5.74, 6) is -0.170. The van der Waals surface area contributed by atoms with Gasteiger partial charge in [-0.1, -0.05) is 44.2 Å². The maximum absolute atomic E-state index is 14.5. The van der Waals surface area contributed by atoms with Crippen LogP contribution in [0.5, 0.6) is 5.75 Å². The van der Waals surface area contributed by atoms with E-state index in [0.717, 1.165) is 17.8 Å². The third-order valence-electron chi connectivity index (χ3n) is 4.38. The number of ether oxygens (including phenoxy) is 2. The zero-order valence-electron chi connectivity index (χ0n) is 17.2. The standard InChI is InChI=1S/C23H28FNO3/c1-6-19(23(26)27-5)20-10-8-7-9-17(20)15-28-22-12-11-18(13-21(22)24)25(4)14-16(2)3/h6-13,16H,14-15H2,1-5H3. The minimum absolute atomic E-state index is 0.141. The third-order valence-corrected chi connectivity index (χ3v) is 4.38. The lowest BCUT2D eigenvalue weighted by Crippen LogP contribution is -2.22. The minimum atomic E-state index is -0.418. The number of halogens is 1. The second-order valence-corrected chi connectivity index (χ2v) is 7.03. The van der Waals surface area contributed by atoms with Gasteiger partial charge in [0.1, 0.15) is 6.61 Å². The molecule has 0 bridgehead atoms. The second-order valence-electron chi connectivity index (χ2n) is 7.03. The van der Waals surface area contributed by atoms with Gasteiger partial charge in [-0.3, -0.25) is 0 Å². The SMILES string of the molecule is CC=C(C(=O)OC)c1ccccc1COc1ccc(N(C)CC(C)C)cc1F. The highest BCUT2D eigenvalue weighted by Crippen LogP contribution is 2.26. The number of rotatable bonds is 8. The van der Waals surface area contributed by atoms with E-state index in [2.05, 4.69) is 13.8 Å². The van der Waals surface area contributed by atoms with Crippen molar-refractivity contribution in [1.29, 1.82) is 0 Å². The van der Waals surface area contributed by atoms with Crippen molar-refractivity contribution in [3.05, 3.63) is 65.5 Å². The molecule has 2 aromatic carbocycles. The lowest BCUT2D eigenvalue weighted by Gasteiger charge is -2.22. The van der Waals surface area contributed by atoms with Gasteiger partial charge in [0.25, 0.3) is 0 Å². The number of benzene rings is 2. The molecule has 0 aliphatic heterocycles. The number of nitrogens with zero attached hydrogens (tertiary/aromatic N) is 1. The number of hydrogen-bond acceptors (Lipinski definition) is 4. The van der Waals surface area contributed by atoms with Gasteiger partial charge in [0.15, 0.2) is 11.6 Å².